The fraction of sp³-hybridized carbons (Fsp3) is 0.364. The Balaban J connectivity index is 1.49. The van der Waals surface area contributed by atoms with Crippen molar-refractivity contribution < 1.29 is 9.59 Å². The maximum atomic E-state index is 12.8. The molecular weight excluding hydrogens is 352 g/mol. The van der Waals surface area contributed by atoms with Crippen LogP contribution in [0.25, 0.3) is 0 Å². The number of nitrogens with zero attached hydrogens (tertiary/aromatic N) is 4. The van der Waals surface area contributed by atoms with Crippen molar-refractivity contribution in [1.29, 1.82) is 0 Å². The fourth-order valence-electron chi connectivity index (χ4n) is 4.39. The highest BCUT2D eigenvalue weighted by molar-refractivity contribution is 5.77. The number of amides is 4. The molecule has 0 spiro atoms. The van der Waals surface area contributed by atoms with E-state index < -0.39 is 0 Å². The molecule has 3 aliphatic heterocycles. The molecule has 4 amide bonds. The van der Waals surface area contributed by atoms with Gasteiger partial charge in [-0.25, -0.2) is 9.59 Å². The van der Waals surface area contributed by atoms with Gasteiger partial charge >= 0.3 is 12.1 Å². The molecule has 2 saturated heterocycles. The van der Waals surface area contributed by atoms with E-state index >= 15 is 0 Å². The molecule has 0 N–H and O–H groups in total. The Kier molecular flexibility index (Phi) is 4.19. The average Bonchev–Trinajstić information content (AvgIpc) is 3.20. The third-order valence-corrected chi connectivity index (χ3v) is 5.84. The van der Waals surface area contributed by atoms with E-state index in [0.717, 1.165) is 48.4 Å². The van der Waals surface area contributed by atoms with E-state index in [1.807, 2.05) is 31.7 Å². The number of benzene rings is 2. The van der Waals surface area contributed by atoms with E-state index in [9.17, 15) is 9.59 Å². The predicted octanol–water partition coefficient (Wildman–Crippen LogP) is 2.88. The molecular formula is C22H24N4O2. The monoisotopic (exact) mass is 376 g/mol. The Morgan fingerprint density at radius 2 is 0.786 bits per heavy atom. The lowest BCUT2D eigenvalue weighted by molar-refractivity contribution is 0.188. The summed E-state index contributed by atoms with van der Waals surface area (Å²) < 4.78 is 0. The highest BCUT2D eigenvalue weighted by Crippen LogP contribution is 2.21. The van der Waals surface area contributed by atoms with Crippen molar-refractivity contribution in [1.82, 2.24) is 19.6 Å². The van der Waals surface area contributed by atoms with Gasteiger partial charge in [0, 0.05) is 52.4 Å². The van der Waals surface area contributed by atoms with E-state index in [0.29, 0.717) is 26.2 Å². The number of carbonyl (C=O) groups is 2. The molecule has 6 nitrogen and oxygen atoms in total. The third-order valence-electron chi connectivity index (χ3n) is 5.84. The van der Waals surface area contributed by atoms with Crippen molar-refractivity contribution in [2.45, 2.75) is 26.2 Å². The second-order valence-corrected chi connectivity index (χ2v) is 7.89. The van der Waals surface area contributed by atoms with Gasteiger partial charge in [-0.2, -0.15) is 0 Å². The van der Waals surface area contributed by atoms with E-state index in [-0.39, 0.29) is 12.1 Å². The Morgan fingerprint density at radius 3 is 1.07 bits per heavy atom. The van der Waals surface area contributed by atoms with Gasteiger partial charge in [0.1, 0.15) is 0 Å². The van der Waals surface area contributed by atoms with Gasteiger partial charge in [-0.05, 0) is 22.3 Å². The van der Waals surface area contributed by atoms with Gasteiger partial charge in [-0.3, -0.25) is 0 Å². The largest absolute Gasteiger partial charge is 0.320 e. The summed E-state index contributed by atoms with van der Waals surface area (Å²) in [5.41, 5.74) is 4.46. The Labute approximate surface area is 164 Å². The van der Waals surface area contributed by atoms with Gasteiger partial charge in [0.2, 0.25) is 0 Å². The number of carbonyl (C=O) groups excluding carboxylic acids is 2. The van der Waals surface area contributed by atoms with E-state index in [4.69, 9.17) is 0 Å². The summed E-state index contributed by atoms with van der Waals surface area (Å²) in [6.45, 7) is 5.46. The first kappa shape index (κ1) is 17.1. The van der Waals surface area contributed by atoms with Crippen molar-refractivity contribution in [2.75, 3.05) is 26.2 Å². The standard InChI is InChI=1S/C22H24N4O2/c27-21-23-7-9-25(21)15-19-5-2-6-20(12-19)16-26-10-8-24(22(26)28)14-18-4-1-3-17(11-18)13-23/h1-6,11-12H,7-10,13-16H2. The second kappa shape index (κ2) is 6.86. The van der Waals surface area contributed by atoms with Crippen LogP contribution in [0.15, 0.2) is 48.5 Å². The molecule has 0 aromatic heterocycles. The number of urea groups is 2. The molecule has 0 atom stereocenters. The smallest absolute Gasteiger partial charge is 0.319 e. The predicted molar refractivity (Wildman–Crippen MR) is 105 cm³/mol. The molecule has 0 radical (unpaired) electrons. The first-order valence-electron chi connectivity index (χ1n) is 9.89. The molecule has 2 fully saturated rings. The lowest BCUT2D eigenvalue weighted by atomic mass is 10.1. The molecule has 0 unspecified atom stereocenters. The van der Waals surface area contributed by atoms with Crippen LogP contribution >= 0.6 is 0 Å². The van der Waals surface area contributed by atoms with E-state index in [1.54, 1.807) is 0 Å². The summed E-state index contributed by atoms with van der Waals surface area (Å²) in [5, 5.41) is 0. The van der Waals surface area contributed by atoms with Crippen LogP contribution in [-0.4, -0.2) is 57.8 Å². The summed E-state index contributed by atoms with van der Waals surface area (Å²) >= 11 is 0. The van der Waals surface area contributed by atoms with Crippen molar-refractivity contribution in [3.8, 4) is 0 Å². The number of rotatable bonds is 0. The molecule has 2 aromatic carbocycles. The number of hydrogen-bond donors (Lipinski definition) is 0. The van der Waals surface area contributed by atoms with Crippen LogP contribution in [0.2, 0.25) is 0 Å². The normalized spacial score (nSPS) is 19.6. The van der Waals surface area contributed by atoms with E-state index in [1.165, 1.54) is 0 Å². The molecule has 6 heteroatoms. The Hall–Kier alpha value is -3.02. The first-order valence-corrected chi connectivity index (χ1v) is 9.89. The third kappa shape index (κ3) is 3.19. The SMILES string of the molecule is O=C1N2CCN1Cc1cccc(c1)CN1CCN(Cc3cccc(c3)C2)C1=O. The summed E-state index contributed by atoms with van der Waals surface area (Å²) in [4.78, 5) is 33.3. The number of hydrogen-bond acceptors (Lipinski definition) is 2. The van der Waals surface area contributed by atoms with Gasteiger partial charge in [-0.1, -0.05) is 48.5 Å². The molecule has 3 heterocycles. The Bertz CT molecular complexity index is 790. The zero-order valence-electron chi connectivity index (χ0n) is 15.9. The molecule has 3 aliphatic rings. The van der Waals surface area contributed by atoms with Crippen molar-refractivity contribution in [3.05, 3.63) is 70.8 Å². The maximum absolute atomic E-state index is 12.8. The first-order chi connectivity index (χ1) is 13.7. The zero-order chi connectivity index (χ0) is 19.1. The molecule has 5 rings (SSSR count). The van der Waals surface area contributed by atoms with Crippen LogP contribution < -0.4 is 0 Å². The summed E-state index contributed by atoms with van der Waals surface area (Å²) in [6, 6.07) is 16.7. The van der Waals surface area contributed by atoms with Gasteiger partial charge in [0.15, 0.2) is 0 Å². The van der Waals surface area contributed by atoms with Crippen LogP contribution in [0.5, 0.6) is 0 Å². The number of fused-ring (bicyclic) bond motifs is 8. The van der Waals surface area contributed by atoms with Crippen molar-refractivity contribution >= 4 is 12.1 Å². The van der Waals surface area contributed by atoms with E-state index in [2.05, 4.69) is 36.4 Å². The van der Waals surface area contributed by atoms with Crippen molar-refractivity contribution in [3.63, 3.8) is 0 Å². The maximum Gasteiger partial charge on any atom is 0.320 e. The highest BCUT2D eigenvalue weighted by atomic mass is 16.2. The quantitative estimate of drug-likeness (QED) is 0.710. The summed E-state index contributed by atoms with van der Waals surface area (Å²) in [6.07, 6.45) is 0. The molecule has 0 saturated carbocycles. The van der Waals surface area contributed by atoms with Crippen LogP contribution in [0, 0.1) is 0 Å². The molecule has 0 aliphatic carbocycles. The average molecular weight is 376 g/mol. The minimum Gasteiger partial charge on any atom is -0.319 e. The fourth-order valence-corrected chi connectivity index (χ4v) is 4.39. The Morgan fingerprint density at radius 1 is 0.500 bits per heavy atom. The van der Waals surface area contributed by atoms with Crippen LogP contribution in [0.1, 0.15) is 22.3 Å². The van der Waals surface area contributed by atoms with Crippen LogP contribution in [0.3, 0.4) is 0 Å². The summed E-state index contributed by atoms with van der Waals surface area (Å²) in [7, 11) is 0. The van der Waals surface area contributed by atoms with Gasteiger partial charge < -0.3 is 19.6 Å². The molecule has 144 valence electrons. The highest BCUT2D eigenvalue weighted by Gasteiger charge is 2.30. The molecule has 2 aromatic rings. The minimum absolute atomic E-state index is 0.102. The van der Waals surface area contributed by atoms with Crippen LogP contribution in [0.4, 0.5) is 9.59 Å². The summed E-state index contributed by atoms with van der Waals surface area (Å²) in [5.74, 6) is 0. The molecule has 8 bridgehead atoms. The second-order valence-electron chi connectivity index (χ2n) is 7.89. The van der Waals surface area contributed by atoms with Gasteiger partial charge in [-0.15, -0.1) is 0 Å². The topological polar surface area (TPSA) is 47.1 Å². The minimum atomic E-state index is 0.102. The lowest BCUT2D eigenvalue weighted by Crippen LogP contribution is -2.32. The van der Waals surface area contributed by atoms with Crippen molar-refractivity contribution in [2.24, 2.45) is 0 Å². The van der Waals surface area contributed by atoms with Crippen LogP contribution in [-0.2, 0) is 26.2 Å². The van der Waals surface area contributed by atoms with Gasteiger partial charge in [0.25, 0.3) is 0 Å². The zero-order valence-corrected chi connectivity index (χ0v) is 15.9. The lowest BCUT2D eigenvalue weighted by Gasteiger charge is -2.22. The molecule has 28 heavy (non-hydrogen) atoms. The van der Waals surface area contributed by atoms with Gasteiger partial charge in [0.05, 0.1) is 0 Å².